The highest BCUT2D eigenvalue weighted by atomic mass is 19.1. The fourth-order valence-corrected chi connectivity index (χ4v) is 1.81. The highest BCUT2D eigenvalue weighted by Crippen LogP contribution is 2.27. The number of hydrogen-bond acceptors (Lipinski definition) is 2. The van der Waals surface area contributed by atoms with Crippen molar-refractivity contribution in [3.8, 4) is 5.75 Å². The van der Waals surface area contributed by atoms with Crippen LogP contribution in [0, 0.1) is 5.82 Å². The molecule has 0 amide bonds. The predicted octanol–water partition coefficient (Wildman–Crippen LogP) is 3.50. The first-order valence-corrected chi connectivity index (χ1v) is 6.54. The maximum absolute atomic E-state index is 13.9. The van der Waals surface area contributed by atoms with Crippen LogP contribution in [0.3, 0.4) is 0 Å². The van der Waals surface area contributed by atoms with Crippen molar-refractivity contribution in [1.82, 2.24) is 5.32 Å². The van der Waals surface area contributed by atoms with E-state index in [0.717, 1.165) is 18.7 Å². The van der Waals surface area contributed by atoms with Gasteiger partial charge >= 0.3 is 0 Å². The Morgan fingerprint density at radius 2 is 2.00 bits per heavy atom. The monoisotopic (exact) mass is 253 g/mol. The molecule has 2 nitrogen and oxygen atoms in total. The summed E-state index contributed by atoms with van der Waals surface area (Å²) in [7, 11) is 0. The van der Waals surface area contributed by atoms with E-state index in [1.54, 1.807) is 12.1 Å². The first-order chi connectivity index (χ1) is 8.36. The van der Waals surface area contributed by atoms with Crippen molar-refractivity contribution >= 4 is 0 Å². The SMILES string of the molecule is CCNCC(C)(C)c1ccc(OC(C)C)c(F)c1. The number of hydrogen-bond donors (Lipinski definition) is 1. The molecule has 0 aliphatic heterocycles. The lowest BCUT2D eigenvalue weighted by Crippen LogP contribution is -2.32. The Morgan fingerprint density at radius 1 is 1.33 bits per heavy atom. The van der Waals surface area contributed by atoms with E-state index in [9.17, 15) is 4.39 Å². The van der Waals surface area contributed by atoms with Crippen molar-refractivity contribution in [1.29, 1.82) is 0 Å². The zero-order chi connectivity index (χ0) is 13.8. The lowest BCUT2D eigenvalue weighted by Gasteiger charge is -2.26. The smallest absolute Gasteiger partial charge is 0.165 e. The van der Waals surface area contributed by atoms with Crippen LogP contribution >= 0.6 is 0 Å². The lowest BCUT2D eigenvalue weighted by molar-refractivity contribution is 0.231. The number of benzene rings is 1. The van der Waals surface area contributed by atoms with Gasteiger partial charge in [0.05, 0.1) is 6.10 Å². The first kappa shape index (κ1) is 15.0. The Labute approximate surface area is 110 Å². The van der Waals surface area contributed by atoms with Gasteiger partial charge in [0.25, 0.3) is 0 Å². The van der Waals surface area contributed by atoms with Crippen molar-refractivity contribution in [3.05, 3.63) is 29.6 Å². The maximum Gasteiger partial charge on any atom is 0.165 e. The van der Waals surface area contributed by atoms with E-state index in [1.165, 1.54) is 0 Å². The van der Waals surface area contributed by atoms with Crippen molar-refractivity contribution < 1.29 is 9.13 Å². The normalized spacial score (nSPS) is 11.9. The molecule has 18 heavy (non-hydrogen) atoms. The molecule has 1 aromatic rings. The summed E-state index contributed by atoms with van der Waals surface area (Å²) in [4.78, 5) is 0. The Balaban J connectivity index is 2.89. The molecule has 0 spiro atoms. The zero-order valence-electron chi connectivity index (χ0n) is 12.0. The van der Waals surface area contributed by atoms with E-state index in [1.807, 2.05) is 19.9 Å². The quantitative estimate of drug-likeness (QED) is 0.837. The highest BCUT2D eigenvalue weighted by molar-refractivity contribution is 5.33. The van der Waals surface area contributed by atoms with Crippen LogP contribution in [0.25, 0.3) is 0 Å². The van der Waals surface area contributed by atoms with Gasteiger partial charge in [-0.1, -0.05) is 26.8 Å². The molecule has 0 saturated carbocycles. The molecule has 0 heterocycles. The van der Waals surface area contributed by atoms with Crippen LogP contribution in [0.15, 0.2) is 18.2 Å². The summed E-state index contributed by atoms with van der Waals surface area (Å²) in [6.07, 6.45) is -0.0138. The molecule has 0 fully saturated rings. The number of halogens is 1. The van der Waals surface area contributed by atoms with E-state index < -0.39 is 0 Å². The summed E-state index contributed by atoms with van der Waals surface area (Å²) < 4.78 is 19.3. The summed E-state index contributed by atoms with van der Waals surface area (Å²) in [6, 6.07) is 5.24. The molecule has 0 saturated heterocycles. The van der Waals surface area contributed by atoms with Crippen LogP contribution in [-0.2, 0) is 5.41 Å². The topological polar surface area (TPSA) is 21.3 Å². The molecule has 3 heteroatoms. The second-order valence-corrected chi connectivity index (χ2v) is 5.48. The highest BCUT2D eigenvalue weighted by Gasteiger charge is 2.21. The van der Waals surface area contributed by atoms with Gasteiger partial charge in [-0.05, 0) is 38.1 Å². The first-order valence-electron chi connectivity index (χ1n) is 6.54. The van der Waals surface area contributed by atoms with E-state index in [4.69, 9.17) is 4.74 Å². The Morgan fingerprint density at radius 3 is 2.50 bits per heavy atom. The molecular weight excluding hydrogens is 229 g/mol. The molecule has 0 atom stereocenters. The number of nitrogens with one attached hydrogen (secondary N) is 1. The van der Waals surface area contributed by atoms with Gasteiger partial charge < -0.3 is 10.1 Å². The molecule has 0 aliphatic rings. The van der Waals surface area contributed by atoms with Crippen molar-refractivity contribution in [3.63, 3.8) is 0 Å². The van der Waals surface area contributed by atoms with Crippen LogP contribution in [0.2, 0.25) is 0 Å². The van der Waals surface area contributed by atoms with Gasteiger partial charge in [-0.15, -0.1) is 0 Å². The van der Waals surface area contributed by atoms with Gasteiger partial charge in [-0.3, -0.25) is 0 Å². The molecule has 1 N–H and O–H groups in total. The fourth-order valence-electron chi connectivity index (χ4n) is 1.81. The Bertz CT molecular complexity index is 388. The van der Waals surface area contributed by atoms with E-state index in [0.29, 0.717) is 5.75 Å². The third-order valence-corrected chi connectivity index (χ3v) is 2.89. The van der Waals surface area contributed by atoms with Gasteiger partial charge in [-0.25, -0.2) is 4.39 Å². The van der Waals surface area contributed by atoms with E-state index in [2.05, 4.69) is 26.1 Å². The van der Waals surface area contributed by atoms with Gasteiger partial charge in [0.15, 0.2) is 11.6 Å². The van der Waals surface area contributed by atoms with Crippen LogP contribution in [0.1, 0.15) is 40.2 Å². The summed E-state index contributed by atoms with van der Waals surface area (Å²) in [6.45, 7) is 11.8. The molecule has 1 rings (SSSR count). The molecular formula is C15H24FNO. The number of likely N-dealkylation sites (N-methyl/N-ethyl adjacent to an activating group) is 1. The average molecular weight is 253 g/mol. The van der Waals surface area contributed by atoms with Gasteiger partial charge in [0, 0.05) is 12.0 Å². The van der Waals surface area contributed by atoms with Crippen molar-refractivity contribution in [2.75, 3.05) is 13.1 Å². The Kier molecular flexibility index (Phi) is 5.15. The molecule has 102 valence electrons. The third kappa shape index (κ3) is 3.98. The lowest BCUT2D eigenvalue weighted by atomic mass is 9.84. The number of rotatable bonds is 6. The second kappa shape index (κ2) is 6.19. The predicted molar refractivity (Wildman–Crippen MR) is 73.7 cm³/mol. The minimum absolute atomic E-state index is 0.0138. The summed E-state index contributed by atoms with van der Waals surface area (Å²) in [5.74, 6) is 0.0405. The number of ether oxygens (including phenoxy) is 1. The van der Waals surface area contributed by atoms with Crippen LogP contribution in [0.4, 0.5) is 4.39 Å². The summed E-state index contributed by atoms with van der Waals surface area (Å²) in [5, 5.41) is 3.30. The molecule has 0 bridgehead atoms. The summed E-state index contributed by atoms with van der Waals surface area (Å²) >= 11 is 0. The van der Waals surface area contributed by atoms with E-state index in [-0.39, 0.29) is 17.3 Å². The fraction of sp³-hybridized carbons (Fsp3) is 0.600. The minimum atomic E-state index is -0.286. The van der Waals surface area contributed by atoms with Gasteiger partial charge in [0.1, 0.15) is 0 Å². The molecule has 0 aliphatic carbocycles. The van der Waals surface area contributed by atoms with Crippen LogP contribution in [0.5, 0.6) is 5.75 Å². The molecule has 0 unspecified atom stereocenters. The van der Waals surface area contributed by atoms with Gasteiger partial charge in [-0.2, -0.15) is 0 Å². The van der Waals surface area contributed by atoms with Gasteiger partial charge in [0.2, 0.25) is 0 Å². The van der Waals surface area contributed by atoms with Crippen molar-refractivity contribution in [2.24, 2.45) is 0 Å². The molecule has 0 aromatic heterocycles. The molecule has 1 aromatic carbocycles. The molecule has 0 radical (unpaired) electrons. The van der Waals surface area contributed by atoms with Crippen molar-refractivity contribution in [2.45, 2.75) is 46.1 Å². The third-order valence-electron chi connectivity index (χ3n) is 2.89. The van der Waals surface area contributed by atoms with E-state index >= 15 is 0 Å². The largest absolute Gasteiger partial charge is 0.488 e. The summed E-state index contributed by atoms with van der Waals surface area (Å²) in [5.41, 5.74) is 0.893. The van der Waals surface area contributed by atoms with Crippen LogP contribution in [-0.4, -0.2) is 19.2 Å². The zero-order valence-corrected chi connectivity index (χ0v) is 12.0. The minimum Gasteiger partial charge on any atom is -0.488 e. The maximum atomic E-state index is 13.9. The van der Waals surface area contributed by atoms with Crippen LogP contribution < -0.4 is 10.1 Å². The Hall–Kier alpha value is -1.09. The average Bonchev–Trinajstić information content (AvgIpc) is 2.28. The standard InChI is InChI=1S/C15H24FNO/c1-6-17-10-15(4,5)12-7-8-14(13(16)9-12)18-11(2)3/h7-9,11,17H,6,10H2,1-5H3. The second-order valence-electron chi connectivity index (χ2n) is 5.48.